The van der Waals surface area contributed by atoms with Crippen molar-refractivity contribution >= 4 is 5.91 Å². The molecule has 3 nitrogen and oxygen atoms in total. The van der Waals surface area contributed by atoms with Gasteiger partial charge in [0, 0.05) is 24.2 Å². The summed E-state index contributed by atoms with van der Waals surface area (Å²) in [7, 11) is 0. The van der Waals surface area contributed by atoms with Crippen molar-refractivity contribution in [3.8, 4) is 0 Å². The van der Waals surface area contributed by atoms with E-state index in [1.807, 2.05) is 6.07 Å². The molecule has 130 valence electrons. The van der Waals surface area contributed by atoms with Gasteiger partial charge in [-0.3, -0.25) is 9.69 Å². The van der Waals surface area contributed by atoms with E-state index in [9.17, 15) is 4.79 Å². The van der Waals surface area contributed by atoms with Gasteiger partial charge in [0.1, 0.15) is 0 Å². The molecule has 1 saturated heterocycles. The summed E-state index contributed by atoms with van der Waals surface area (Å²) >= 11 is 0. The maximum Gasteiger partial charge on any atom is 0.254 e. The number of hydrogen-bond donors (Lipinski definition) is 0. The standard InChI is InChI=1S/C21H30N2O/c24-21(23(20-11-12-20)19-9-2-1-3-10-19)18-8-6-7-17(15-18)16-22-13-4-5-14-22/h6-8,15,19-20H,1-5,9-14,16H2. The van der Waals surface area contributed by atoms with Crippen LogP contribution in [0.3, 0.4) is 0 Å². The lowest BCUT2D eigenvalue weighted by molar-refractivity contribution is 0.0614. The van der Waals surface area contributed by atoms with Crippen LogP contribution in [-0.2, 0) is 6.54 Å². The SMILES string of the molecule is O=C(c1cccc(CN2CCCC2)c1)N(C1CCCCC1)C1CC1. The average Bonchev–Trinajstić information content (AvgIpc) is 3.32. The Morgan fingerprint density at radius 1 is 0.958 bits per heavy atom. The van der Waals surface area contributed by atoms with Crippen molar-refractivity contribution in [2.45, 2.75) is 76.4 Å². The molecule has 24 heavy (non-hydrogen) atoms. The third-order valence-electron chi connectivity index (χ3n) is 5.92. The predicted molar refractivity (Wildman–Crippen MR) is 97.0 cm³/mol. The van der Waals surface area contributed by atoms with Crippen LogP contribution in [0.2, 0.25) is 0 Å². The normalized spacial score (nSPS) is 22.7. The quantitative estimate of drug-likeness (QED) is 0.809. The first-order chi connectivity index (χ1) is 11.8. The van der Waals surface area contributed by atoms with Crippen molar-refractivity contribution in [2.75, 3.05) is 13.1 Å². The fourth-order valence-corrected chi connectivity index (χ4v) is 4.49. The first-order valence-electron chi connectivity index (χ1n) is 9.95. The molecule has 0 N–H and O–H groups in total. The van der Waals surface area contributed by atoms with Crippen LogP contribution in [0, 0.1) is 0 Å². The Balaban J connectivity index is 1.49. The van der Waals surface area contributed by atoms with Crippen molar-refractivity contribution in [1.29, 1.82) is 0 Å². The number of likely N-dealkylation sites (tertiary alicyclic amines) is 1. The van der Waals surface area contributed by atoms with Crippen molar-refractivity contribution in [2.24, 2.45) is 0 Å². The topological polar surface area (TPSA) is 23.6 Å². The first kappa shape index (κ1) is 16.1. The summed E-state index contributed by atoms with van der Waals surface area (Å²) in [6, 6.07) is 9.43. The second kappa shape index (κ2) is 7.26. The van der Waals surface area contributed by atoms with Crippen LogP contribution < -0.4 is 0 Å². The molecule has 4 rings (SSSR count). The Morgan fingerprint density at radius 3 is 2.38 bits per heavy atom. The van der Waals surface area contributed by atoms with Crippen molar-refractivity contribution < 1.29 is 4.79 Å². The summed E-state index contributed by atoms with van der Waals surface area (Å²) in [4.78, 5) is 18.0. The van der Waals surface area contributed by atoms with E-state index in [0.29, 0.717) is 12.1 Å². The number of carbonyl (C=O) groups is 1. The molecule has 0 atom stereocenters. The maximum atomic E-state index is 13.2. The molecular formula is C21H30N2O. The second-order valence-corrected chi connectivity index (χ2v) is 7.92. The van der Waals surface area contributed by atoms with Gasteiger partial charge >= 0.3 is 0 Å². The van der Waals surface area contributed by atoms with Crippen LogP contribution >= 0.6 is 0 Å². The van der Waals surface area contributed by atoms with Gasteiger partial charge in [0.05, 0.1) is 0 Å². The second-order valence-electron chi connectivity index (χ2n) is 7.92. The minimum atomic E-state index is 0.285. The molecule has 0 unspecified atom stereocenters. The lowest BCUT2D eigenvalue weighted by Gasteiger charge is -2.35. The van der Waals surface area contributed by atoms with Crippen molar-refractivity contribution in [3.63, 3.8) is 0 Å². The average molecular weight is 326 g/mol. The lowest BCUT2D eigenvalue weighted by Crippen LogP contribution is -2.43. The Labute approximate surface area is 146 Å². The molecule has 0 spiro atoms. The number of carbonyl (C=O) groups excluding carboxylic acids is 1. The predicted octanol–water partition coefficient (Wildman–Crippen LogP) is 4.22. The third-order valence-corrected chi connectivity index (χ3v) is 5.92. The molecule has 2 aliphatic carbocycles. The van der Waals surface area contributed by atoms with E-state index < -0.39 is 0 Å². The summed E-state index contributed by atoms with van der Waals surface area (Å²) in [6.45, 7) is 3.40. The number of hydrogen-bond acceptors (Lipinski definition) is 2. The Hall–Kier alpha value is -1.35. The van der Waals surface area contributed by atoms with Gasteiger partial charge in [-0.15, -0.1) is 0 Å². The highest BCUT2D eigenvalue weighted by Crippen LogP contribution is 2.35. The van der Waals surface area contributed by atoms with E-state index in [4.69, 9.17) is 0 Å². The van der Waals surface area contributed by atoms with E-state index in [-0.39, 0.29) is 5.91 Å². The molecule has 3 fully saturated rings. The number of amides is 1. The van der Waals surface area contributed by atoms with Gasteiger partial charge in [-0.2, -0.15) is 0 Å². The van der Waals surface area contributed by atoms with Crippen LogP contribution in [0.1, 0.15) is 73.7 Å². The highest BCUT2D eigenvalue weighted by atomic mass is 16.2. The van der Waals surface area contributed by atoms with E-state index in [2.05, 4.69) is 28.0 Å². The zero-order valence-electron chi connectivity index (χ0n) is 14.8. The van der Waals surface area contributed by atoms with Crippen LogP contribution in [0.5, 0.6) is 0 Å². The minimum absolute atomic E-state index is 0.285. The smallest absolute Gasteiger partial charge is 0.254 e. The van der Waals surface area contributed by atoms with E-state index in [1.165, 1.54) is 76.4 Å². The van der Waals surface area contributed by atoms with Crippen LogP contribution in [0.4, 0.5) is 0 Å². The van der Waals surface area contributed by atoms with Gasteiger partial charge in [0.2, 0.25) is 0 Å². The summed E-state index contributed by atoms with van der Waals surface area (Å²) < 4.78 is 0. The van der Waals surface area contributed by atoms with Gasteiger partial charge in [-0.05, 0) is 69.3 Å². The van der Waals surface area contributed by atoms with Gasteiger partial charge in [0.25, 0.3) is 5.91 Å². The molecular weight excluding hydrogens is 296 g/mol. The van der Waals surface area contributed by atoms with Gasteiger partial charge in [-0.25, -0.2) is 0 Å². The zero-order chi connectivity index (χ0) is 16.4. The molecule has 2 saturated carbocycles. The van der Waals surface area contributed by atoms with Crippen LogP contribution in [0.15, 0.2) is 24.3 Å². The molecule has 0 bridgehead atoms. The number of rotatable bonds is 5. The number of nitrogens with zero attached hydrogens (tertiary/aromatic N) is 2. The summed E-state index contributed by atoms with van der Waals surface area (Å²) in [6.07, 6.45) is 11.4. The highest BCUT2D eigenvalue weighted by Gasteiger charge is 2.38. The monoisotopic (exact) mass is 326 g/mol. The van der Waals surface area contributed by atoms with Gasteiger partial charge in [-0.1, -0.05) is 31.4 Å². The summed E-state index contributed by atoms with van der Waals surface area (Å²) in [5.74, 6) is 0.285. The molecule has 0 radical (unpaired) electrons. The largest absolute Gasteiger partial charge is 0.333 e. The van der Waals surface area contributed by atoms with Gasteiger partial charge in [0.15, 0.2) is 0 Å². The molecule has 0 aromatic heterocycles. The van der Waals surface area contributed by atoms with Crippen LogP contribution in [-0.4, -0.2) is 40.9 Å². The number of benzene rings is 1. The molecule has 1 aromatic carbocycles. The van der Waals surface area contributed by atoms with E-state index in [0.717, 1.165) is 12.1 Å². The zero-order valence-corrected chi connectivity index (χ0v) is 14.8. The summed E-state index contributed by atoms with van der Waals surface area (Å²) in [5.41, 5.74) is 2.20. The molecule has 1 aliphatic heterocycles. The van der Waals surface area contributed by atoms with Gasteiger partial charge < -0.3 is 4.90 Å². The minimum Gasteiger partial charge on any atom is -0.333 e. The molecule has 3 aliphatic rings. The fraction of sp³-hybridized carbons (Fsp3) is 0.667. The summed E-state index contributed by atoms with van der Waals surface area (Å²) in [5, 5.41) is 0. The van der Waals surface area contributed by atoms with Crippen molar-refractivity contribution in [3.05, 3.63) is 35.4 Å². The molecule has 3 heteroatoms. The van der Waals surface area contributed by atoms with Crippen molar-refractivity contribution in [1.82, 2.24) is 9.80 Å². The van der Waals surface area contributed by atoms with E-state index >= 15 is 0 Å². The third kappa shape index (κ3) is 3.66. The Bertz CT molecular complexity index is 569. The van der Waals surface area contributed by atoms with Crippen LogP contribution in [0.25, 0.3) is 0 Å². The first-order valence-corrected chi connectivity index (χ1v) is 9.95. The lowest BCUT2D eigenvalue weighted by atomic mass is 9.93. The highest BCUT2D eigenvalue weighted by molar-refractivity contribution is 5.95. The Kier molecular flexibility index (Phi) is 4.88. The Morgan fingerprint density at radius 2 is 1.67 bits per heavy atom. The maximum absolute atomic E-state index is 13.2. The molecule has 1 amide bonds. The molecule has 1 aromatic rings. The van der Waals surface area contributed by atoms with E-state index in [1.54, 1.807) is 0 Å². The fourth-order valence-electron chi connectivity index (χ4n) is 4.49. The molecule has 1 heterocycles.